The fourth-order valence-electron chi connectivity index (χ4n) is 3.99. The highest BCUT2D eigenvalue weighted by Gasteiger charge is 2.38. The maximum atomic E-state index is 10.8. The van der Waals surface area contributed by atoms with Crippen molar-refractivity contribution in [3.8, 4) is 6.07 Å². The first-order valence-corrected chi connectivity index (χ1v) is 8.30. The zero-order valence-electron chi connectivity index (χ0n) is 13.1. The van der Waals surface area contributed by atoms with Crippen molar-refractivity contribution in [3.63, 3.8) is 0 Å². The average molecular weight is 304 g/mol. The van der Waals surface area contributed by atoms with Crippen molar-refractivity contribution >= 4 is 16.5 Å². The predicted molar refractivity (Wildman–Crippen MR) is 92.4 cm³/mol. The van der Waals surface area contributed by atoms with Crippen LogP contribution in [0.1, 0.15) is 31.2 Å². The highest BCUT2D eigenvalue weighted by molar-refractivity contribution is 5.98. The summed E-state index contributed by atoms with van der Waals surface area (Å²) in [6, 6.07) is 14.3. The summed E-state index contributed by atoms with van der Waals surface area (Å²) in [5, 5.41) is 22.3. The SMILES string of the molecule is N#Cc1ccc(N2CCC3(O)CCCC=C3C2)c2ccccc12. The third-order valence-electron chi connectivity index (χ3n) is 5.30. The molecule has 0 spiro atoms. The van der Waals surface area contributed by atoms with Crippen LogP contribution in [0.2, 0.25) is 0 Å². The molecule has 1 atom stereocenters. The Morgan fingerprint density at radius 2 is 1.91 bits per heavy atom. The van der Waals surface area contributed by atoms with E-state index in [2.05, 4.69) is 29.2 Å². The van der Waals surface area contributed by atoms with Gasteiger partial charge in [0.15, 0.2) is 0 Å². The van der Waals surface area contributed by atoms with E-state index < -0.39 is 5.60 Å². The molecule has 0 radical (unpaired) electrons. The van der Waals surface area contributed by atoms with Crippen LogP contribution in [0, 0.1) is 11.3 Å². The van der Waals surface area contributed by atoms with Crippen LogP contribution in [0.25, 0.3) is 10.8 Å². The van der Waals surface area contributed by atoms with Gasteiger partial charge in [-0.1, -0.05) is 30.3 Å². The van der Waals surface area contributed by atoms with Crippen molar-refractivity contribution in [1.82, 2.24) is 0 Å². The van der Waals surface area contributed by atoms with E-state index in [1.165, 1.54) is 5.57 Å². The van der Waals surface area contributed by atoms with E-state index in [0.29, 0.717) is 0 Å². The van der Waals surface area contributed by atoms with Gasteiger partial charge in [0.25, 0.3) is 0 Å². The molecular weight excluding hydrogens is 284 g/mol. The van der Waals surface area contributed by atoms with Gasteiger partial charge >= 0.3 is 0 Å². The number of allylic oxidation sites excluding steroid dienone is 1. The zero-order chi connectivity index (χ0) is 15.9. The molecule has 3 heteroatoms. The second-order valence-corrected chi connectivity index (χ2v) is 6.61. The third kappa shape index (κ3) is 2.31. The average Bonchev–Trinajstić information content (AvgIpc) is 2.60. The molecule has 1 fully saturated rings. The number of hydrogen-bond donors (Lipinski definition) is 1. The molecule has 1 aliphatic carbocycles. The minimum atomic E-state index is -0.586. The Morgan fingerprint density at radius 3 is 2.74 bits per heavy atom. The topological polar surface area (TPSA) is 47.3 Å². The van der Waals surface area contributed by atoms with Gasteiger partial charge in [-0.05, 0) is 43.4 Å². The Labute approximate surface area is 136 Å². The van der Waals surface area contributed by atoms with Crippen molar-refractivity contribution in [2.45, 2.75) is 31.3 Å². The lowest BCUT2D eigenvalue weighted by Gasteiger charge is -2.43. The van der Waals surface area contributed by atoms with Gasteiger partial charge in [-0.3, -0.25) is 0 Å². The van der Waals surface area contributed by atoms with Crippen molar-refractivity contribution in [2.75, 3.05) is 18.0 Å². The predicted octanol–water partition coefficient (Wildman–Crippen LogP) is 3.76. The van der Waals surface area contributed by atoms with Gasteiger partial charge in [0.2, 0.25) is 0 Å². The summed E-state index contributed by atoms with van der Waals surface area (Å²) in [6.07, 6.45) is 6.05. The van der Waals surface area contributed by atoms with E-state index in [1.54, 1.807) is 0 Å². The van der Waals surface area contributed by atoms with E-state index in [4.69, 9.17) is 0 Å². The van der Waals surface area contributed by atoms with Crippen molar-refractivity contribution in [2.24, 2.45) is 0 Å². The van der Waals surface area contributed by atoms with Crippen LogP contribution < -0.4 is 4.90 Å². The maximum Gasteiger partial charge on any atom is 0.0998 e. The molecule has 0 amide bonds. The molecule has 2 aromatic rings. The minimum Gasteiger partial charge on any atom is -0.385 e. The van der Waals surface area contributed by atoms with Gasteiger partial charge in [0, 0.05) is 29.5 Å². The number of piperidine rings is 1. The van der Waals surface area contributed by atoms with E-state index in [0.717, 1.165) is 60.8 Å². The molecule has 116 valence electrons. The standard InChI is InChI=1S/C20H20N2O/c21-13-15-8-9-19(18-7-2-1-6-17(15)18)22-12-11-20(23)10-4-3-5-16(20)14-22/h1-2,5-9,23H,3-4,10-12,14H2. The quantitative estimate of drug-likeness (QED) is 0.816. The summed E-state index contributed by atoms with van der Waals surface area (Å²) in [4.78, 5) is 2.34. The maximum absolute atomic E-state index is 10.8. The van der Waals surface area contributed by atoms with E-state index in [1.807, 2.05) is 24.3 Å². The molecule has 1 unspecified atom stereocenters. The Bertz CT molecular complexity index is 833. The molecule has 2 aliphatic rings. The Kier molecular flexibility index (Phi) is 3.36. The molecule has 0 bridgehead atoms. The second kappa shape index (κ2) is 5.40. The Hall–Kier alpha value is -2.31. The summed E-state index contributed by atoms with van der Waals surface area (Å²) in [7, 11) is 0. The van der Waals surface area contributed by atoms with Gasteiger partial charge in [-0.15, -0.1) is 0 Å². The van der Waals surface area contributed by atoms with Gasteiger partial charge in [-0.25, -0.2) is 0 Å². The summed E-state index contributed by atoms with van der Waals surface area (Å²) in [5.74, 6) is 0. The molecule has 1 aliphatic heterocycles. The van der Waals surface area contributed by atoms with Crippen LogP contribution >= 0.6 is 0 Å². The number of aliphatic hydroxyl groups is 1. The Balaban J connectivity index is 1.76. The van der Waals surface area contributed by atoms with Crippen LogP contribution in [0.5, 0.6) is 0 Å². The molecule has 1 N–H and O–H groups in total. The highest BCUT2D eigenvalue weighted by atomic mass is 16.3. The van der Waals surface area contributed by atoms with Crippen molar-refractivity contribution < 1.29 is 5.11 Å². The number of anilines is 1. The van der Waals surface area contributed by atoms with Crippen LogP contribution in [-0.2, 0) is 0 Å². The molecule has 1 saturated heterocycles. The lowest BCUT2D eigenvalue weighted by Crippen LogP contribution is -2.47. The zero-order valence-corrected chi connectivity index (χ0v) is 13.1. The van der Waals surface area contributed by atoms with Crippen LogP contribution in [0.4, 0.5) is 5.69 Å². The fourth-order valence-corrected chi connectivity index (χ4v) is 3.99. The lowest BCUT2D eigenvalue weighted by atomic mass is 9.78. The second-order valence-electron chi connectivity index (χ2n) is 6.61. The van der Waals surface area contributed by atoms with Gasteiger partial charge < -0.3 is 10.0 Å². The van der Waals surface area contributed by atoms with Gasteiger partial charge in [0.1, 0.15) is 0 Å². The summed E-state index contributed by atoms with van der Waals surface area (Å²) < 4.78 is 0. The van der Waals surface area contributed by atoms with Crippen LogP contribution in [-0.4, -0.2) is 23.8 Å². The van der Waals surface area contributed by atoms with Crippen LogP contribution in [0.15, 0.2) is 48.0 Å². The summed E-state index contributed by atoms with van der Waals surface area (Å²) >= 11 is 0. The van der Waals surface area contributed by atoms with Gasteiger partial charge in [0.05, 0.1) is 17.2 Å². The number of nitriles is 1. The first kappa shape index (κ1) is 14.3. The minimum absolute atomic E-state index is 0.586. The molecule has 2 aromatic carbocycles. The highest BCUT2D eigenvalue weighted by Crippen LogP contribution is 2.39. The van der Waals surface area contributed by atoms with E-state index in [-0.39, 0.29) is 0 Å². The first-order chi connectivity index (χ1) is 11.2. The largest absolute Gasteiger partial charge is 0.385 e. The molecule has 0 aromatic heterocycles. The number of benzene rings is 2. The normalized spacial score (nSPS) is 24.0. The molecule has 23 heavy (non-hydrogen) atoms. The first-order valence-electron chi connectivity index (χ1n) is 8.30. The van der Waals surface area contributed by atoms with E-state index in [9.17, 15) is 10.4 Å². The Morgan fingerprint density at radius 1 is 1.09 bits per heavy atom. The van der Waals surface area contributed by atoms with Crippen molar-refractivity contribution in [1.29, 1.82) is 5.26 Å². The number of fused-ring (bicyclic) bond motifs is 2. The van der Waals surface area contributed by atoms with Crippen molar-refractivity contribution in [3.05, 3.63) is 53.6 Å². The van der Waals surface area contributed by atoms with Gasteiger partial charge in [-0.2, -0.15) is 5.26 Å². The molecule has 3 nitrogen and oxygen atoms in total. The molecule has 4 rings (SSSR count). The summed E-state index contributed by atoms with van der Waals surface area (Å²) in [6.45, 7) is 1.64. The molecule has 0 saturated carbocycles. The van der Waals surface area contributed by atoms with E-state index >= 15 is 0 Å². The third-order valence-corrected chi connectivity index (χ3v) is 5.30. The van der Waals surface area contributed by atoms with Crippen LogP contribution in [0.3, 0.4) is 0 Å². The number of rotatable bonds is 1. The molecular formula is C20H20N2O. The molecule has 1 heterocycles. The number of nitrogens with zero attached hydrogens (tertiary/aromatic N) is 2. The number of hydrogen-bond acceptors (Lipinski definition) is 3. The lowest BCUT2D eigenvalue weighted by molar-refractivity contribution is 0.0455. The fraction of sp³-hybridized carbons (Fsp3) is 0.350. The monoisotopic (exact) mass is 304 g/mol. The smallest absolute Gasteiger partial charge is 0.0998 e. The summed E-state index contributed by atoms with van der Waals surface area (Å²) in [5.41, 5.74) is 2.46.